The van der Waals surface area contributed by atoms with Crippen molar-refractivity contribution in [3.63, 3.8) is 0 Å². The minimum Gasteiger partial charge on any atom is -0.356 e. The molecule has 0 atom stereocenters. The molecular formula is C15H23NO3S. The van der Waals surface area contributed by atoms with Crippen molar-refractivity contribution in [3.8, 4) is 0 Å². The molecule has 0 unspecified atom stereocenters. The number of amides is 1. The van der Waals surface area contributed by atoms with E-state index in [-0.39, 0.29) is 23.0 Å². The molecular weight excluding hydrogens is 274 g/mol. The summed E-state index contributed by atoms with van der Waals surface area (Å²) in [4.78, 5) is 11.8. The molecule has 0 bridgehead atoms. The Morgan fingerprint density at radius 1 is 1.15 bits per heavy atom. The lowest BCUT2D eigenvalue weighted by Crippen LogP contribution is -2.26. The summed E-state index contributed by atoms with van der Waals surface area (Å²) in [6, 6.07) is 6.70. The summed E-state index contributed by atoms with van der Waals surface area (Å²) in [5.74, 6) is -0.341. The van der Waals surface area contributed by atoms with Crippen molar-refractivity contribution in [3.05, 3.63) is 29.8 Å². The summed E-state index contributed by atoms with van der Waals surface area (Å²) in [5, 5.41) is 2.75. The Balaban J connectivity index is 2.43. The molecule has 0 aromatic heterocycles. The Bertz CT molecular complexity index is 521. The standard InChI is InChI=1S/C15H23NO3S/c1-3-4-5-11-16-15(17)10-12-20(18,19)14-8-6-13(2)7-9-14/h6-9H,3-5,10-12H2,1-2H3,(H,16,17). The van der Waals surface area contributed by atoms with E-state index in [4.69, 9.17) is 0 Å². The molecule has 112 valence electrons. The summed E-state index contributed by atoms with van der Waals surface area (Å²) < 4.78 is 24.1. The Labute approximate surface area is 121 Å². The van der Waals surface area contributed by atoms with Gasteiger partial charge in [0.2, 0.25) is 5.91 Å². The minimum atomic E-state index is -3.37. The van der Waals surface area contributed by atoms with Crippen molar-refractivity contribution < 1.29 is 13.2 Å². The van der Waals surface area contributed by atoms with Crippen LogP contribution < -0.4 is 5.32 Å². The average Bonchev–Trinajstić information content (AvgIpc) is 2.42. The maximum absolute atomic E-state index is 12.0. The van der Waals surface area contributed by atoms with E-state index in [1.165, 1.54) is 0 Å². The average molecular weight is 297 g/mol. The number of benzene rings is 1. The van der Waals surface area contributed by atoms with Crippen molar-refractivity contribution >= 4 is 15.7 Å². The monoisotopic (exact) mass is 297 g/mol. The van der Waals surface area contributed by atoms with Gasteiger partial charge in [0.1, 0.15) is 0 Å². The van der Waals surface area contributed by atoms with Gasteiger partial charge in [0.15, 0.2) is 9.84 Å². The molecule has 0 saturated carbocycles. The Kier molecular flexibility index (Phi) is 6.71. The number of nitrogens with one attached hydrogen (secondary N) is 1. The number of sulfone groups is 1. The fourth-order valence-corrected chi connectivity index (χ4v) is 3.02. The van der Waals surface area contributed by atoms with Crippen molar-refractivity contribution in [1.82, 2.24) is 5.32 Å². The van der Waals surface area contributed by atoms with Crippen LogP contribution in [0, 0.1) is 6.92 Å². The SMILES string of the molecule is CCCCCNC(=O)CCS(=O)(=O)c1ccc(C)cc1. The molecule has 1 N–H and O–H groups in total. The maximum Gasteiger partial charge on any atom is 0.221 e. The lowest BCUT2D eigenvalue weighted by Gasteiger charge is -2.06. The molecule has 20 heavy (non-hydrogen) atoms. The number of carbonyl (C=O) groups is 1. The number of hydrogen-bond acceptors (Lipinski definition) is 3. The van der Waals surface area contributed by atoms with E-state index in [9.17, 15) is 13.2 Å². The van der Waals surface area contributed by atoms with Crippen LogP contribution in [-0.2, 0) is 14.6 Å². The summed E-state index contributed by atoms with van der Waals surface area (Å²) in [6.07, 6.45) is 3.12. The second-order valence-corrected chi connectivity index (χ2v) is 7.05. The Hall–Kier alpha value is -1.36. The van der Waals surface area contributed by atoms with Gasteiger partial charge in [-0.25, -0.2) is 8.42 Å². The van der Waals surface area contributed by atoms with Crippen LogP contribution in [-0.4, -0.2) is 26.6 Å². The molecule has 1 rings (SSSR count). The van der Waals surface area contributed by atoms with Crippen LogP contribution in [0.25, 0.3) is 0 Å². The second-order valence-electron chi connectivity index (χ2n) is 4.94. The molecule has 0 fully saturated rings. The van der Waals surface area contributed by atoms with Crippen molar-refractivity contribution in [2.24, 2.45) is 0 Å². The van der Waals surface area contributed by atoms with E-state index < -0.39 is 9.84 Å². The zero-order chi connectivity index (χ0) is 15.0. The highest BCUT2D eigenvalue weighted by molar-refractivity contribution is 7.91. The third-order valence-corrected chi connectivity index (χ3v) is 4.81. The number of unbranched alkanes of at least 4 members (excludes halogenated alkanes) is 2. The van der Waals surface area contributed by atoms with Crippen LogP contribution in [0.5, 0.6) is 0 Å². The smallest absolute Gasteiger partial charge is 0.221 e. The van der Waals surface area contributed by atoms with Crippen molar-refractivity contribution in [2.45, 2.75) is 44.4 Å². The quantitative estimate of drug-likeness (QED) is 0.750. The van der Waals surface area contributed by atoms with E-state index in [2.05, 4.69) is 12.2 Å². The fraction of sp³-hybridized carbons (Fsp3) is 0.533. The zero-order valence-corrected chi connectivity index (χ0v) is 13.0. The molecule has 0 radical (unpaired) electrons. The van der Waals surface area contributed by atoms with Crippen LogP contribution in [0.4, 0.5) is 0 Å². The third-order valence-electron chi connectivity index (χ3n) is 3.08. The molecule has 0 aliphatic heterocycles. The zero-order valence-electron chi connectivity index (χ0n) is 12.2. The molecule has 0 aliphatic rings. The fourth-order valence-electron chi connectivity index (χ4n) is 1.78. The van der Waals surface area contributed by atoms with E-state index in [1.54, 1.807) is 24.3 Å². The van der Waals surface area contributed by atoms with Gasteiger partial charge in [-0.2, -0.15) is 0 Å². The highest BCUT2D eigenvalue weighted by Crippen LogP contribution is 2.12. The van der Waals surface area contributed by atoms with Crippen LogP contribution in [0.3, 0.4) is 0 Å². The molecule has 1 aromatic rings. The summed E-state index contributed by atoms with van der Waals surface area (Å²) >= 11 is 0. The summed E-state index contributed by atoms with van der Waals surface area (Å²) in [6.45, 7) is 4.62. The van der Waals surface area contributed by atoms with Gasteiger partial charge in [-0.3, -0.25) is 4.79 Å². The first kappa shape index (κ1) is 16.7. The van der Waals surface area contributed by atoms with E-state index in [0.29, 0.717) is 6.54 Å². The molecule has 0 heterocycles. The number of aryl methyl sites for hydroxylation is 1. The largest absolute Gasteiger partial charge is 0.356 e. The molecule has 0 aliphatic carbocycles. The van der Waals surface area contributed by atoms with E-state index in [1.807, 2.05) is 6.92 Å². The first-order valence-electron chi connectivity index (χ1n) is 7.02. The van der Waals surface area contributed by atoms with Gasteiger partial charge in [-0.05, 0) is 25.5 Å². The highest BCUT2D eigenvalue weighted by atomic mass is 32.2. The predicted octanol–water partition coefficient (Wildman–Crippen LogP) is 2.47. The van der Waals surface area contributed by atoms with Gasteiger partial charge >= 0.3 is 0 Å². The first-order chi connectivity index (χ1) is 9.45. The first-order valence-corrected chi connectivity index (χ1v) is 8.67. The van der Waals surface area contributed by atoms with Gasteiger partial charge in [-0.1, -0.05) is 37.5 Å². The van der Waals surface area contributed by atoms with Crippen LogP contribution in [0.1, 0.15) is 38.2 Å². The lowest BCUT2D eigenvalue weighted by atomic mass is 10.2. The van der Waals surface area contributed by atoms with Gasteiger partial charge < -0.3 is 5.32 Å². The van der Waals surface area contributed by atoms with Gasteiger partial charge in [0.25, 0.3) is 0 Å². The van der Waals surface area contributed by atoms with Crippen LogP contribution in [0.15, 0.2) is 29.2 Å². The summed E-state index contributed by atoms with van der Waals surface area (Å²) in [5.41, 5.74) is 1.01. The minimum absolute atomic E-state index is 0.0162. The van der Waals surface area contributed by atoms with Crippen LogP contribution in [0.2, 0.25) is 0 Å². The second kappa shape index (κ2) is 8.04. The van der Waals surface area contributed by atoms with Crippen molar-refractivity contribution in [2.75, 3.05) is 12.3 Å². The van der Waals surface area contributed by atoms with Crippen molar-refractivity contribution in [1.29, 1.82) is 0 Å². The molecule has 4 nitrogen and oxygen atoms in total. The number of carbonyl (C=O) groups excluding carboxylic acids is 1. The third kappa shape index (κ3) is 5.74. The highest BCUT2D eigenvalue weighted by Gasteiger charge is 2.15. The topological polar surface area (TPSA) is 63.2 Å². The maximum atomic E-state index is 12.0. The normalized spacial score (nSPS) is 11.3. The molecule has 0 saturated heterocycles. The van der Waals surface area contributed by atoms with Crippen LogP contribution >= 0.6 is 0 Å². The molecule has 5 heteroatoms. The summed E-state index contributed by atoms with van der Waals surface area (Å²) in [7, 11) is -3.37. The number of rotatable bonds is 8. The van der Waals surface area contributed by atoms with Gasteiger partial charge in [0.05, 0.1) is 10.6 Å². The van der Waals surface area contributed by atoms with E-state index >= 15 is 0 Å². The molecule has 1 amide bonds. The lowest BCUT2D eigenvalue weighted by molar-refractivity contribution is -0.120. The van der Waals surface area contributed by atoms with Gasteiger partial charge in [-0.15, -0.1) is 0 Å². The Morgan fingerprint density at radius 2 is 1.80 bits per heavy atom. The Morgan fingerprint density at radius 3 is 2.40 bits per heavy atom. The molecule has 0 spiro atoms. The number of hydrogen-bond donors (Lipinski definition) is 1. The van der Waals surface area contributed by atoms with E-state index in [0.717, 1.165) is 24.8 Å². The molecule has 1 aromatic carbocycles. The predicted molar refractivity (Wildman–Crippen MR) is 80.4 cm³/mol. The van der Waals surface area contributed by atoms with Gasteiger partial charge in [0, 0.05) is 13.0 Å².